The Balaban J connectivity index is 1.37. The van der Waals surface area contributed by atoms with Crippen LogP contribution < -0.4 is 10.6 Å². The van der Waals surface area contributed by atoms with Crippen LogP contribution in [-0.4, -0.2) is 35.8 Å². The summed E-state index contributed by atoms with van der Waals surface area (Å²) < 4.78 is 0. The van der Waals surface area contributed by atoms with Gasteiger partial charge >= 0.3 is 6.03 Å². The van der Waals surface area contributed by atoms with Crippen molar-refractivity contribution < 1.29 is 14.4 Å². The Hall–Kier alpha value is -2.63. The van der Waals surface area contributed by atoms with Crippen LogP contribution in [0.1, 0.15) is 49.7 Å². The molecule has 0 bridgehead atoms. The zero-order valence-electron chi connectivity index (χ0n) is 15.4. The molecule has 1 aliphatic heterocycles. The Labute approximate surface area is 159 Å². The fourth-order valence-corrected chi connectivity index (χ4v) is 4.43. The molecule has 27 heavy (non-hydrogen) atoms. The molecule has 6 nitrogen and oxygen atoms in total. The van der Waals surface area contributed by atoms with Crippen LogP contribution in [0.3, 0.4) is 0 Å². The van der Waals surface area contributed by atoms with E-state index < -0.39 is 11.6 Å². The number of amides is 4. The minimum atomic E-state index is -0.999. The van der Waals surface area contributed by atoms with Gasteiger partial charge in [-0.25, -0.2) is 4.79 Å². The number of nitrogens with zero attached hydrogens (tertiary/aromatic N) is 1. The summed E-state index contributed by atoms with van der Waals surface area (Å²) in [5.74, 6) is -0.610. The van der Waals surface area contributed by atoms with Crippen LogP contribution >= 0.6 is 0 Å². The fourth-order valence-electron chi connectivity index (χ4n) is 4.43. The van der Waals surface area contributed by atoms with E-state index in [0.717, 1.165) is 41.7 Å². The normalized spacial score (nSPS) is 24.0. The number of nitrogens with one attached hydrogen (secondary N) is 2. The zero-order chi connectivity index (χ0) is 18.9. The maximum atomic E-state index is 13.0. The largest absolute Gasteiger partial charge is 0.354 e. The summed E-state index contributed by atoms with van der Waals surface area (Å²) in [5.41, 5.74) is 2.33. The number of fused-ring (bicyclic) bond motifs is 2. The van der Waals surface area contributed by atoms with Crippen LogP contribution in [-0.2, 0) is 21.5 Å². The first-order valence-electron chi connectivity index (χ1n) is 9.77. The van der Waals surface area contributed by atoms with E-state index in [1.807, 2.05) is 24.3 Å². The molecule has 1 aromatic carbocycles. The molecule has 1 unspecified atom stereocenters. The molecule has 1 fully saturated rings. The summed E-state index contributed by atoms with van der Waals surface area (Å²) in [7, 11) is 0. The number of hydrogen-bond donors (Lipinski definition) is 2. The number of carbonyl (C=O) groups is 3. The van der Waals surface area contributed by atoms with Gasteiger partial charge in [-0.3, -0.25) is 14.5 Å². The second-order valence-corrected chi connectivity index (χ2v) is 7.59. The van der Waals surface area contributed by atoms with Crippen LogP contribution in [0.2, 0.25) is 0 Å². The number of rotatable bonds is 5. The highest BCUT2D eigenvalue weighted by Gasteiger charge is 2.55. The van der Waals surface area contributed by atoms with E-state index in [1.165, 1.54) is 18.4 Å². The van der Waals surface area contributed by atoms with Crippen molar-refractivity contribution in [2.45, 2.75) is 50.5 Å². The lowest BCUT2D eigenvalue weighted by molar-refractivity contribution is -0.135. The smallest absolute Gasteiger partial charge is 0.325 e. The molecule has 0 radical (unpaired) electrons. The van der Waals surface area contributed by atoms with Gasteiger partial charge in [0.05, 0.1) is 0 Å². The molecule has 1 spiro atoms. The summed E-state index contributed by atoms with van der Waals surface area (Å²) in [5, 5.41) is 5.69. The lowest BCUT2D eigenvalue weighted by Crippen LogP contribution is -2.44. The summed E-state index contributed by atoms with van der Waals surface area (Å²) in [6.45, 7) is 0.315. The molecule has 4 amide bonds. The van der Waals surface area contributed by atoms with Gasteiger partial charge in [-0.1, -0.05) is 35.9 Å². The zero-order valence-corrected chi connectivity index (χ0v) is 15.4. The molecule has 1 aromatic rings. The van der Waals surface area contributed by atoms with Crippen molar-refractivity contribution in [3.63, 3.8) is 0 Å². The molecule has 4 rings (SSSR count). The van der Waals surface area contributed by atoms with Gasteiger partial charge in [-0.05, 0) is 56.1 Å². The Morgan fingerprint density at radius 2 is 2.04 bits per heavy atom. The summed E-state index contributed by atoms with van der Waals surface area (Å²) >= 11 is 0. The number of carbonyl (C=O) groups excluding carboxylic acids is 3. The van der Waals surface area contributed by atoms with Crippen LogP contribution in [0.5, 0.6) is 0 Å². The highest BCUT2D eigenvalue weighted by Crippen LogP contribution is 2.41. The number of allylic oxidation sites excluding steroid dienone is 1. The average Bonchev–Trinajstić information content (AvgIpc) is 3.16. The lowest BCUT2D eigenvalue weighted by Gasteiger charge is -2.22. The van der Waals surface area contributed by atoms with Gasteiger partial charge in [0.1, 0.15) is 12.1 Å². The van der Waals surface area contributed by atoms with Crippen molar-refractivity contribution in [2.75, 3.05) is 13.1 Å². The lowest BCUT2D eigenvalue weighted by atomic mass is 9.92. The molecule has 6 heteroatoms. The molecule has 0 saturated carbocycles. The molecular formula is C21H25N3O3. The Kier molecular flexibility index (Phi) is 4.72. The maximum absolute atomic E-state index is 13.0. The van der Waals surface area contributed by atoms with Crippen molar-refractivity contribution in [2.24, 2.45) is 0 Å². The van der Waals surface area contributed by atoms with Crippen LogP contribution in [0, 0.1) is 0 Å². The third-order valence-corrected chi connectivity index (χ3v) is 5.88. The predicted molar refractivity (Wildman–Crippen MR) is 101 cm³/mol. The molecule has 1 saturated heterocycles. The standard InChI is InChI=1S/C21H25N3O3/c25-18(22-13-11-15-6-2-1-3-7-15)14-24-19(26)21(23-20(24)27)12-10-16-8-4-5-9-17(16)21/h4-6,8-9H,1-3,7,10-14H2,(H,22,25)(H,23,27). The predicted octanol–water partition coefficient (Wildman–Crippen LogP) is 2.39. The first-order valence-corrected chi connectivity index (χ1v) is 9.77. The van der Waals surface area contributed by atoms with E-state index in [2.05, 4.69) is 16.7 Å². The van der Waals surface area contributed by atoms with Gasteiger partial charge in [0.2, 0.25) is 5.91 Å². The molecule has 1 heterocycles. The number of benzene rings is 1. The number of urea groups is 1. The molecule has 142 valence electrons. The maximum Gasteiger partial charge on any atom is 0.325 e. The van der Waals surface area contributed by atoms with E-state index in [9.17, 15) is 14.4 Å². The minimum absolute atomic E-state index is 0.229. The first-order chi connectivity index (χ1) is 13.1. The van der Waals surface area contributed by atoms with Gasteiger partial charge < -0.3 is 10.6 Å². The molecule has 3 aliphatic rings. The van der Waals surface area contributed by atoms with Gasteiger partial charge in [0.25, 0.3) is 5.91 Å². The number of imide groups is 1. The van der Waals surface area contributed by atoms with E-state index >= 15 is 0 Å². The quantitative estimate of drug-likeness (QED) is 0.620. The third kappa shape index (κ3) is 3.24. The monoisotopic (exact) mass is 367 g/mol. The Morgan fingerprint density at radius 1 is 1.19 bits per heavy atom. The van der Waals surface area contributed by atoms with E-state index in [4.69, 9.17) is 0 Å². The fraction of sp³-hybridized carbons (Fsp3) is 0.476. The SMILES string of the molecule is O=C(CN1C(=O)NC2(CCc3ccccc32)C1=O)NCCC1=CCCCC1. The summed E-state index contributed by atoms with van der Waals surface area (Å²) in [6.07, 6.45) is 9.07. The summed E-state index contributed by atoms with van der Waals surface area (Å²) in [6, 6.07) is 7.20. The Morgan fingerprint density at radius 3 is 2.85 bits per heavy atom. The second kappa shape index (κ2) is 7.18. The van der Waals surface area contributed by atoms with Gasteiger partial charge in [-0.15, -0.1) is 0 Å². The van der Waals surface area contributed by atoms with Crippen molar-refractivity contribution in [3.8, 4) is 0 Å². The topological polar surface area (TPSA) is 78.5 Å². The van der Waals surface area contributed by atoms with E-state index in [1.54, 1.807) is 0 Å². The molecule has 0 aromatic heterocycles. The van der Waals surface area contributed by atoms with Gasteiger partial charge in [-0.2, -0.15) is 0 Å². The van der Waals surface area contributed by atoms with Gasteiger partial charge in [0, 0.05) is 6.54 Å². The first kappa shape index (κ1) is 17.8. The van der Waals surface area contributed by atoms with Crippen LogP contribution in [0.15, 0.2) is 35.9 Å². The van der Waals surface area contributed by atoms with Crippen molar-refractivity contribution in [3.05, 3.63) is 47.0 Å². The number of aryl methyl sites for hydroxylation is 1. The van der Waals surface area contributed by atoms with Crippen LogP contribution in [0.4, 0.5) is 4.79 Å². The highest BCUT2D eigenvalue weighted by molar-refractivity contribution is 6.09. The molecule has 2 N–H and O–H groups in total. The Bertz CT molecular complexity index is 817. The number of hydrogen-bond acceptors (Lipinski definition) is 3. The van der Waals surface area contributed by atoms with Crippen molar-refractivity contribution >= 4 is 17.8 Å². The third-order valence-electron chi connectivity index (χ3n) is 5.88. The van der Waals surface area contributed by atoms with Gasteiger partial charge in [0.15, 0.2) is 0 Å². The van der Waals surface area contributed by atoms with Crippen molar-refractivity contribution in [1.29, 1.82) is 0 Å². The van der Waals surface area contributed by atoms with E-state index in [0.29, 0.717) is 13.0 Å². The molecular weight excluding hydrogens is 342 g/mol. The van der Waals surface area contributed by atoms with E-state index in [-0.39, 0.29) is 18.4 Å². The van der Waals surface area contributed by atoms with Crippen molar-refractivity contribution in [1.82, 2.24) is 15.5 Å². The minimum Gasteiger partial charge on any atom is -0.354 e. The second-order valence-electron chi connectivity index (χ2n) is 7.59. The summed E-state index contributed by atoms with van der Waals surface area (Å²) in [4.78, 5) is 38.8. The molecule has 2 aliphatic carbocycles. The highest BCUT2D eigenvalue weighted by atomic mass is 16.2. The van der Waals surface area contributed by atoms with Crippen LogP contribution in [0.25, 0.3) is 0 Å². The average molecular weight is 367 g/mol. The molecule has 1 atom stereocenters.